The van der Waals surface area contributed by atoms with E-state index in [-0.39, 0.29) is 0 Å². The van der Waals surface area contributed by atoms with E-state index in [9.17, 15) is 0 Å². The molecule has 3 heteroatoms. The Labute approximate surface area is 52.7 Å². The maximum atomic E-state index is 4.93. The van der Waals surface area contributed by atoms with Gasteiger partial charge in [-0.3, -0.25) is 0 Å². The second kappa shape index (κ2) is 1.65. The van der Waals surface area contributed by atoms with E-state index in [1.807, 2.05) is 23.0 Å². The molecule has 0 aromatic rings. The van der Waals surface area contributed by atoms with Gasteiger partial charge in [-0.05, 0) is 40.3 Å². The largest absolute Gasteiger partial charge is 0.0545 e. The Morgan fingerprint density at radius 1 is 1.00 bits per heavy atom. The van der Waals surface area contributed by atoms with E-state index in [1.165, 1.54) is 0 Å². The summed E-state index contributed by atoms with van der Waals surface area (Å²) in [4.78, 5) is 0. The molecule has 0 radical (unpaired) electrons. The predicted octanol–water partition coefficient (Wildman–Crippen LogP) is 1.11. The molecule has 0 nitrogen and oxygen atoms in total. The van der Waals surface area contributed by atoms with Gasteiger partial charge in [0.25, 0.3) is 0 Å². The van der Waals surface area contributed by atoms with E-state index in [2.05, 4.69) is 0 Å². The van der Waals surface area contributed by atoms with Crippen LogP contribution in [0.3, 0.4) is 0 Å². The van der Waals surface area contributed by atoms with E-state index in [1.54, 1.807) is 0 Å². The minimum Gasteiger partial charge on any atom is -0.0545 e. The Bertz CT molecular complexity index is 187. The first-order valence-electron chi connectivity index (χ1n) is 1.80. The van der Waals surface area contributed by atoms with Crippen molar-refractivity contribution in [3.05, 3.63) is 23.0 Å². The number of hydrogen-bond donors (Lipinski definition) is 0. The van der Waals surface area contributed by atoms with Crippen LogP contribution in [0.1, 0.15) is 0 Å². The van der Waals surface area contributed by atoms with Crippen LogP contribution < -0.4 is 0 Å². The lowest BCUT2D eigenvalue weighted by Crippen LogP contribution is -1.74. The summed E-state index contributed by atoms with van der Waals surface area (Å²) in [5.41, 5.74) is 0. The molecule has 0 bridgehead atoms. The van der Waals surface area contributed by atoms with Crippen molar-refractivity contribution in [3.63, 3.8) is 0 Å². The summed E-state index contributed by atoms with van der Waals surface area (Å²) in [6.45, 7) is 0. The first-order chi connectivity index (χ1) is 3.21. The van der Waals surface area contributed by atoms with Gasteiger partial charge in [0, 0.05) is 0 Å². The predicted molar refractivity (Wildman–Crippen MR) is 40.4 cm³/mol. The average Bonchev–Trinajstić information content (AvgIpc) is 1.84. The van der Waals surface area contributed by atoms with Crippen LogP contribution in [0.5, 0.6) is 0 Å². The van der Waals surface area contributed by atoms with Gasteiger partial charge in [0.15, 0.2) is 0 Å². The molecule has 0 spiro atoms. The SMILES string of the molecule is S=S1(=S)C=CC=C1. The van der Waals surface area contributed by atoms with Crippen LogP contribution in [-0.2, 0) is 29.5 Å². The van der Waals surface area contributed by atoms with Gasteiger partial charge >= 0.3 is 0 Å². The number of allylic oxidation sites excluding steroid dienone is 2. The first kappa shape index (κ1) is 5.41. The summed E-state index contributed by atoms with van der Waals surface area (Å²) >= 11 is 9.87. The molecular formula is C4H4S3. The molecule has 0 atom stereocenters. The van der Waals surface area contributed by atoms with E-state index in [0.717, 1.165) is 0 Å². The Morgan fingerprint density at radius 3 is 1.57 bits per heavy atom. The van der Waals surface area contributed by atoms with Crippen LogP contribution in [-0.4, -0.2) is 0 Å². The zero-order chi connectivity index (χ0) is 5.33. The molecule has 0 amide bonds. The summed E-state index contributed by atoms with van der Waals surface area (Å²) in [5.74, 6) is 0. The van der Waals surface area contributed by atoms with Crippen LogP contribution in [0.15, 0.2) is 23.0 Å². The molecule has 0 saturated carbocycles. The van der Waals surface area contributed by atoms with Crippen molar-refractivity contribution in [1.82, 2.24) is 0 Å². The quantitative estimate of drug-likeness (QED) is 0.504. The second-order valence-electron chi connectivity index (χ2n) is 1.25. The second-order valence-corrected chi connectivity index (χ2v) is 6.91. The molecule has 0 saturated heterocycles. The fourth-order valence-corrected chi connectivity index (χ4v) is 1.84. The molecule has 1 aliphatic heterocycles. The summed E-state index contributed by atoms with van der Waals surface area (Å²) in [6, 6.07) is 0. The summed E-state index contributed by atoms with van der Waals surface area (Å²) < 4.78 is 0. The van der Waals surface area contributed by atoms with Crippen LogP contribution in [0.4, 0.5) is 0 Å². The van der Waals surface area contributed by atoms with E-state index < -0.39 is 7.15 Å². The average molecular weight is 148 g/mol. The van der Waals surface area contributed by atoms with Gasteiger partial charge in [-0.2, -0.15) is 0 Å². The van der Waals surface area contributed by atoms with Crippen molar-refractivity contribution in [2.45, 2.75) is 0 Å². The Balaban J connectivity index is 3.25. The third kappa shape index (κ3) is 1.33. The Hall–Kier alpha value is 0.270. The zero-order valence-corrected chi connectivity index (χ0v) is 5.98. The molecule has 0 fully saturated rings. The van der Waals surface area contributed by atoms with Crippen LogP contribution in [0.25, 0.3) is 0 Å². The normalized spacial score (nSPS) is 23.4. The monoisotopic (exact) mass is 148 g/mol. The molecule has 7 heavy (non-hydrogen) atoms. The Morgan fingerprint density at radius 2 is 1.43 bits per heavy atom. The maximum Gasteiger partial charge on any atom is -0.0167 e. The van der Waals surface area contributed by atoms with Gasteiger partial charge in [0.2, 0.25) is 0 Å². The molecular weight excluding hydrogens is 144 g/mol. The minimum absolute atomic E-state index is 1.24. The van der Waals surface area contributed by atoms with Gasteiger partial charge < -0.3 is 0 Å². The molecule has 38 valence electrons. The summed E-state index contributed by atoms with van der Waals surface area (Å²) in [7, 11) is -1.24. The smallest absolute Gasteiger partial charge is 0.0167 e. The van der Waals surface area contributed by atoms with Crippen molar-refractivity contribution >= 4 is 29.5 Å². The summed E-state index contributed by atoms with van der Waals surface area (Å²) in [6.07, 6.45) is 3.82. The standard InChI is InChI=1S/C4H4S3/c5-7(6)3-1-2-4-7/h1-4H. The molecule has 0 aromatic carbocycles. The zero-order valence-electron chi connectivity index (χ0n) is 3.53. The van der Waals surface area contributed by atoms with E-state index >= 15 is 0 Å². The molecule has 1 aliphatic rings. The number of rotatable bonds is 0. The molecule has 0 aliphatic carbocycles. The molecule has 1 heterocycles. The highest BCUT2D eigenvalue weighted by atomic mass is 33.1. The van der Waals surface area contributed by atoms with Crippen molar-refractivity contribution in [1.29, 1.82) is 0 Å². The van der Waals surface area contributed by atoms with Gasteiger partial charge in [0.05, 0.1) is 0 Å². The lowest BCUT2D eigenvalue weighted by atomic mass is 10.6. The first-order valence-corrected chi connectivity index (χ1v) is 5.41. The van der Waals surface area contributed by atoms with E-state index in [4.69, 9.17) is 22.4 Å². The van der Waals surface area contributed by atoms with Crippen LogP contribution in [0, 0.1) is 0 Å². The van der Waals surface area contributed by atoms with Crippen molar-refractivity contribution in [3.8, 4) is 0 Å². The van der Waals surface area contributed by atoms with Crippen LogP contribution >= 0.6 is 0 Å². The minimum atomic E-state index is -1.24. The van der Waals surface area contributed by atoms with Gasteiger partial charge in [0.1, 0.15) is 0 Å². The van der Waals surface area contributed by atoms with Crippen LogP contribution in [0.2, 0.25) is 0 Å². The molecule has 0 N–H and O–H groups in total. The molecule has 0 unspecified atom stereocenters. The lowest BCUT2D eigenvalue weighted by molar-refractivity contribution is 2.15. The van der Waals surface area contributed by atoms with E-state index in [0.29, 0.717) is 0 Å². The Kier molecular flexibility index (Phi) is 1.28. The highest BCUT2D eigenvalue weighted by Gasteiger charge is 1.90. The van der Waals surface area contributed by atoms with Gasteiger partial charge in [-0.25, -0.2) is 0 Å². The molecule has 1 rings (SSSR count). The fourth-order valence-electron chi connectivity index (χ4n) is 0.355. The van der Waals surface area contributed by atoms with Gasteiger partial charge in [-0.1, -0.05) is 12.2 Å². The maximum absolute atomic E-state index is 4.93. The lowest BCUT2D eigenvalue weighted by Gasteiger charge is -1.83. The van der Waals surface area contributed by atoms with Gasteiger partial charge in [-0.15, -0.1) is 0 Å². The van der Waals surface area contributed by atoms with Crippen molar-refractivity contribution in [2.75, 3.05) is 0 Å². The van der Waals surface area contributed by atoms with Crippen molar-refractivity contribution in [2.24, 2.45) is 0 Å². The van der Waals surface area contributed by atoms with Crippen molar-refractivity contribution < 1.29 is 0 Å². The third-order valence-electron chi connectivity index (χ3n) is 0.648. The third-order valence-corrected chi connectivity index (χ3v) is 3.05. The fraction of sp³-hybridized carbons (Fsp3) is 0. The topological polar surface area (TPSA) is 0 Å². The molecule has 0 aromatic heterocycles. The highest BCUT2D eigenvalue weighted by Crippen LogP contribution is 2.03. The number of hydrogen-bond acceptors (Lipinski definition) is 2. The highest BCUT2D eigenvalue weighted by molar-refractivity contribution is 8.59. The summed E-state index contributed by atoms with van der Waals surface area (Å²) in [5, 5.41) is 3.80.